The molecule has 1 aromatic carbocycles. The van der Waals surface area contributed by atoms with Gasteiger partial charge < -0.3 is 9.80 Å². The Balaban J connectivity index is 1.49. The maximum Gasteiger partial charge on any atom is 0.257 e. The molecule has 1 aromatic rings. The van der Waals surface area contributed by atoms with Gasteiger partial charge in [-0.05, 0) is 56.1 Å². The molecule has 28 heavy (non-hydrogen) atoms. The van der Waals surface area contributed by atoms with E-state index < -0.39 is 17.5 Å². The van der Waals surface area contributed by atoms with E-state index in [1.807, 2.05) is 4.90 Å². The molecule has 3 fully saturated rings. The van der Waals surface area contributed by atoms with E-state index in [-0.39, 0.29) is 28.8 Å². The van der Waals surface area contributed by atoms with Gasteiger partial charge in [0.05, 0.1) is 11.0 Å². The van der Waals surface area contributed by atoms with Crippen LogP contribution in [0.25, 0.3) is 0 Å². The molecule has 2 atom stereocenters. The molecule has 4 rings (SSSR count). The molecule has 0 radical (unpaired) electrons. The van der Waals surface area contributed by atoms with Gasteiger partial charge in [0.15, 0.2) is 11.6 Å². The standard InChI is InChI=1S/C22H28F2N2O2/c1-14(2)22(9-10-22)21(28)25-12-8-18-15(13-25)5-4-11-26(18)20(27)16-6-3-7-17(23)19(16)24/h3,6-7,14-15,18H,4-5,8-13H2,1-2H3. The zero-order valence-electron chi connectivity index (χ0n) is 16.6. The average Bonchev–Trinajstić information content (AvgIpc) is 3.50. The molecular formula is C22H28F2N2O2. The number of carbonyl (C=O) groups excluding carboxylic acids is 2. The highest BCUT2D eigenvalue weighted by atomic mass is 19.2. The van der Waals surface area contributed by atoms with E-state index in [0.29, 0.717) is 32.0 Å². The Morgan fingerprint density at radius 1 is 1.14 bits per heavy atom. The fourth-order valence-corrected chi connectivity index (χ4v) is 5.15. The molecule has 2 aliphatic heterocycles. The third kappa shape index (κ3) is 3.11. The molecule has 0 N–H and O–H groups in total. The van der Waals surface area contributed by atoms with Gasteiger partial charge in [0.2, 0.25) is 5.91 Å². The van der Waals surface area contributed by atoms with Crippen LogP contribution >= 0.6 is 0 Å². The van der Waals surface area contributed by atoms with Gasteiger partial charge in [-0.1, -0.05) is 19.9 Å². The number of carbonyl (C=O) groups is 2. The second kappa shape index (κ2) is 7.12. The van der Waals surface area contributed by atoms with Crippen LogP contribution < -0.4 is 0 Å². The lowest BCUT2D eigenvalue weighted by Crippen LogP contribution is -2.57. The number of amides is 2. The highest BCUT2D eigenvalue weighted by Gasteiger charge is 2.54. The van der Waals surface area contributed by atoms with E-state index >= 15 is 0 Å². The monoisotopic (exact) mass is 390 g/mol. The molecule has 2 amide bonds. The third-order valence-corrected chi connectivity index (χ3v) is 7.12. The van der Waals surface area contributed by atoms with E-state index in [9.17, 15) is 18.4 Å². The number of rotatable bonds is 3. The van der Waals surface area contributed by atoms with Crippen molar-refractivity contribution in [1.29, 1.82) is 0 Å². The fraction of sp³-hybridized carbons (Fsp3) is 0.636. The molecule has 0 aromatic heterocycles. The van der Waals surface area contributed by atoms with Crippen molar-refractivity contribution in [3.63, 3.8) is 0 Å². The quantitative estimate of drug-likeness (QED) is 0.787. The summed E-state index contributed by atoms with van der Waals surface area (Å²) in [5.41, 5.74) is -0.377. The van der Waals surface area contributed by atoms with E-state index in [1.165, 1.54) is 12.1 Å². The second-order valence-electron chi connectivity index (χ2n) is 8.92. The van der Waals surface area contributed by atoms with Crippen LogP contribution in [0, 0.1) is 28.9 Å². The van der Waals surface area contributed by atoms with Crippen molar-refractivity contribution < 1.29 is 18.4 Å². The number of piperidine rings is 2. The molecule has 1 aliphatic carbocycles. The lowest BCUT2D eigenvalue weighted by molar-refractivity contribution is -0.142. The maximum atomic E-state index is 14.1. The fourth-order valence-electron chi connectivity index (χ4n) is 5.15. The summed E-state index contributed by atoms with van der Waals surface area (Å²) < 4.78 is 27.7. The van der Waals surface area contributed by atoms with Gasteiger partial charge in [0, 0.05) is 25.7 Å². The molecular weight excluding hydrogens is 362 g/mol. The van der Waals surface area contributed by atoms with E-state index in [0.717, 1.165) is 31.7 Å². The van der Waals surface area contributed by atoms with Crippen molar-refractivity contribution in [3.8, 4) is 0 Å². The highest BCUT2D eigenvalue weighted by Crippen LogP contribution is 2.53. The van der Waals surface area contributed by atoms with E-state index in [4.69, 9.17) is 0 Å². The summed E-state index contributed by atoms with van der Waals surface area (Å²) >= 11 is 0. The molecule has 2 unspecified atom stereocenters. The Morgan fingerprint density at radius 2 is 1.89 bits per heavy atom. The van der Waals surface area contributed by atoms with Crippen molar-refractivity contribution in [3.05, 3.63) is 35.4 Å². The van der Waals surface area contributed by atoms with Gasteiger partial charge in [0.1, 0.15) is 0 Å². The molecule has 3 aliphatic rings. The average molecular weight is 390 g/mol. The van der Waals surface area contributed by atoms with Gasteiger partial charge in [-0.2, -0.15) is 0 Å². The van der Waals surface area contributed by atoms with E-state index in [2.05, 4.69) is 13.8 Å². The Hall–Kier alpha value is -1.98. The first kappa shape index (κ1) is 19.3. The van der Waals surface area contributed by atoms with E-state index in [1.54, 1.807) is 4.90 Å². The van der Waals surface area contributed by atoms with Crippen LogP contribution in [-0.4, -0.2) is 47.3 Å². The summed E-state index contributed by atoms with van der Waals surface area (Å²) in [5.74, 6) is -1.70. The molecule has 6 heteroatoms. The van der Waals surface area contributed by atoms with Crippen LogP contribution in [0.4, 0.5) is 8.78 Å². The van der Waals surface area contributed by atoms with Crippen molar-refractivity contribution in [2.24, 2.45) is 17.3 Å². The predicted molar refractivity (Wildman–Crippen MR) is 102 cm³/mol. The topological polar surface area (TPSA) is 40.6 Å². The normalized spacial score (nSPS) is 26.2. The summed E-state index contributed by atoms with van der Waals surface area (Å²) in [6.45, 7) is 6.08. The Labute approximate surface area is 164 Å². The van der Waals surface area contributed by atoms with Crippen LogP contribution in [0.3, 0.4) is 0 Å². The Kier molecular flexibility index (Phi) is 4.92. The molecule has 0 bridgehead atoms. The Morgan fingerprint density at radius 3 is 2.57 bits per heavy atom. The molecule has 1 saturated carbocycles. The van der Waals surface area contributed by atoms with Crippen LogP contribution in [-0.2, 0) is 4.79 Å². The molecule has 0 spiro atoms. The summed E-state index contributed by atoms with van der Waals surface area (Å²) in [4.78, 5) is 29.7. The first-order chi connectivity index (χ1) is 13.3. The minimum atomic E-state index is -1.07. The summed E-state index contributed by atoms with van der Waals surface area (Å²) in [5, 5.41) is 0. The zero-order valence-corrected chi connectivity index (χ0v) is 16.6. The minimum absolute atomic E-state index is 0.0119. The number of benzene rings is 1. The molecule has 2 heterocycles. The first-order valence-corrected chi connectivity index (χ1v) is 10.4. The molecule has 4 nitrogen and oxygen atoms in total. The lowest BCUT2D eigenvalue weighted by atomic mass is 9.82. The second-order valence-corrected chi connectivity index (χ2v) is 8.92. The minimum Gasteiger partial charge on any atom is -0.342 e. The number of nitrogens with zero attached hydrogens (tertiary/aromatic N) is 2. The highest BCUT2D eigenvalue weighted by molar-refractivity contribution is 5.95. The summed E-state index contributed by atoms with van der Waals surface area (Å²) in [7, 11) is 0. The van der Waals surface area contributed by atoms with Crippen molar-refractivity contribution in [1.82, 2.24) is 9.80 Å². The lowest BCUT2D eigenvalue weighted by Gasteiger charge is -2.48. The van der Waals surface area contributed by atoms with Gasteiger partial charge >= 0.3 is 0 Å². The van der Waals surface area contributed by atoms with Gasteiger partial charge in [0.25, 0.3) is 5.91 Å². The Bertz CT molecular complexity index is 791. The van der Waals surface area contributed by atoms with Crippen LogP contribution in [0.5, 0.6) is 0 Å². The number of hydrogen-bond acceptors (Lipinski definition) is 2. The maximum absolute atomic E-state index is 14.1. The molecule has 2 saturated heterocycles. The summed E-state index contributed by atoms with van der Waals surface area (Å²) in [6.07, 6.45) is 4.42. The van der Waals surface area contributed by atoms with Crippen molar-refractivity contribution in [2.45, 2.75) is 52.0 Å². The summed E-state index contributed by atoms with van der Waals surface area (Å²) in [6, 6.07) is 3.73. The van der Waals surface area contributed by atoms with Crippen molar-refractivity contribution in [2.75, 3.05) is 19.6 Å². The first-order valence-electron chi connectivity index (χ1n) is 10.4. The van der Waals surface area contributed by atoms with Crippen LogP contribution in [0.1, 0.15) is 56.3 Å². The van der Waals surface area contributed by atoms with Crippen LogP contribution in [0.2, 0.25) is 0 Å². The van der Waals surface area contributed by atoms with Gasteiger partial charge in [-0.15, -0.1) is 0 Å². The van der Waals surface area contributed by atoms with Crippen LogP contribution in [0.15, 0.2) is 18.2 Å². The SMILES string of the molecule is CC(C)C1(C(=O)N2CCC3C(CCCN3C(=O)c3cccc(F)c3F)C2)CC1. The van der Waals surface area contributed by atoms with Crippen molar-refractivity contribution >= 4 is 11.8 Å². The van der Waals surface area contributed by atoms with Gasteiger partial charge in [-0.3, -0.25) is 9.59 Å². The van der Waals surface area contributed by atoms with Gasteiger partial charge in [-0.25, -0.2) is 8.78 Å². The number of fused-ring (bicyclic) bond motifs is 1. The number of likely N-dealkylation sites (tertiary alicyclic amines) is 2. The number of halogens is 2. The number of hydrogen-bond donors (Lipinski definition) is 0. The molecule has 152 valence electrons. The third-order valence-electron chi connectivity index (χ3n) is 7.12. The zero-order chi connectivity index (χ0) is 20.1. The largest absolute Gasteiger partial charge is 0.342 e. The predicted octanol–water partition coefficient (Wildman–Crippen LogP) is 3.85. The smallest absolute Gasteiger partial charge is 0.257 e.